The fourth-order valence-corrected chi connectivity index (χ4v) is 3.43. The fourth-order valence-electron chi connectivity index (χ4n) is 3.43. The lowest BCUT2D eigenvalue weighted by Crippen LogP contribution is -2.01. The smallest absolute Gasteiger partial charge is 0.189 e. The van der Waals surface area contributed by atoms with Gasteiger partial charge in [-0.1, -0.05) is 60.7 Å². The van der Waals surface area contributed by atoms with Crippen molar-refractivity contribution in [3.8, 4) is 5.75 Å². The number of carbonyl (C=O) groups is 1. The van der Waals surface area contributed by atoms with Gasteiger partial charge in [-0.15, -0.1) is 0 Å². The molecule has 27 heavy (non-hydrogen) atoms. The largest absolute Gasteiger partial charge is 0.493 e. The minimum atomic E-state index is -0.0592. The standard InChI is InChI=1S/C25H20O2/c1-2-27-25-14-8-7-13-23(25)24(26)16-15-22-20-11-5-3-9-18(20)17-19-10-4-6-12-21(19)22/h3-17H,2H2,1H3/b16-15-. The van der Waals surface area contributed by atoms with Crippen molar-refractivity contribution in [2.75, 3.05) is 6.61 Å². The average Bonchev–Trinajstić information content (AvgIpc) is 2.71. The summed E-state index contributed by atoms with van der Waals surface area (Å²) in [7, 11) is 0. The van der Waals surface area contributed by atoms with Crippen LogP contribution >= 0.6 is 0 Å². The van der Waals surface area contributed by atoms with Crippen LogP contribution in [-0.4, -0.2) is 12.4 Å². The molecule has 4 rings (SSSR count). The van der Waals surface area contributed by atoms with Crippen molar-refractivity contribution in [3.05, 3.63) is 96.1 Å². The highest BCUT2D eigenvalue weighted by Gasteiger charge is 2.10. The number of benzene rings is 4. The van der Waals surface area contributed by atoms with E-state index in [-0.39, 0.29) is 5.78 Å². The molecule has 0 amide bonds. The third-order valence-electron chi connectivity index (χ3n) is 4.67. The van der Waals surface area contributed by atoms with Gasteiger partial charge in [0.1, 0.15) is 5.75 Å². The molecular weight excluding hydrogens is 332 g/mol. The van der Waals surface area contributed by atoms with Gasteiger partial charge in [-0.05, 0) is 64.4 Å². The normalized spacial score (nSPS) is 11.3. The van der Waals surface area contributed by atoms with Crippen molar-refractivity contribution < 1.29 is 9.53 Å². The topological polar surface area (TPSA) is 26.3 Å². The van der Waals surface area contributed by atoms with Gasteiger partial charge in [0.2, 0.25) is 0 Å². The predicted molar refractivity (Wildman–Crippen MR) is 112 cm³/mol. The zero-order valence-electron chi connectivity index (χ0n) is 15.2. The van der Waals surface area contributed by atoms with E-state index in [0.29, 0.717) is 17.9 Å². The molecule has 0 N–H and O–H groups in total. The van der Waals surface area contributed by atoms with Crippen molar-refractivity contribution in [2.45, 2.75) is 6.92 Å². The van der Waals surface area contributed by atoms with Crippen molar-refractivity contribution in [1.29, 1.82) is 0 Å². The number of carbonyl (C=O) groups excluding carboxylic acids is 1. The molecule has 4 aromatic rings. The Kier molecular flexibility index (Phi) is 4.71. The summed E-state index contributed by atoms with van der Waals surface area (Å²) in [5.41, 5.74) is 1.64. The van der Waals surface area contributed by atoms with Crippen LogP contribution in [0.5, 0.6) is 5.75 Å². The van der Waals surface area contributed by atoms with Gasteiger partial charge in [-0.2, -0.15) is 0 Å². The van der Waals surface area contributed by atoms with Gasteiger partial charge in [0.25, 0.3) is 0 Å². The summed E-state index contributed by atoms with van der Waals surface area (Å²) in [5, 5.41) is 4.60. The predicted octanol–water partition coefficient (Wildman–Crippen LogP) is 6.29. The first-order chi connectivity index (χ1) is 13.3. The highest BCUT2D eigenvalue weighted by molar-refractivity contribution is 6.12. The van der Waals surface area contributed by atoms with Crippen LogP contribution in [0.1, 0.15) is 22.8 Å². The zero-order valence-corrected chi connectivity index (χ0v) is 15.2. The highest BCUT2D eigenvalue weighted by Crippen LogP contribution is 2.30. The first-order valence-electron chi connectivity index (χ1n) is 9.12. The zero-order chi connectivity index (χ0) is 18.6. The first-order valence-corrected chi connectivity index (χ1v) is 9.12. The number of hydrogen-bond acceptors (Lipinski definition) is 2. The second-order valence-electron chi connectivity index (χ2n) is 6.36. The fraction of sp³-hybridized carbons (Fsp3) is 0.0800. The Labute approximate surface area is 158 Å². The summed E-state index contributed by atoms with van der Waals surface area (Å²) in [4.78, 5) is 12.8. The maximum atomic E-state index is 12.8. The Bertz CT molecular complexity index is 1100. The average molecular weight is 352 g/mol. The molecule has 0 aliphatic heterocycles. The van der Waals surface area contributed by atoms with E-state index in [1.807, 2.05) is 55.5 Å². The van der Waals surface area contributed by atoms with E-state index in [1.165, 1.54) is 0 Å². The van der Waals surface area contributed by atoms with Crippen LogP contribution in [0.2, 0.25) is 0 Å². The second kappa shape index (κ2) is 7.46. The van der Waals surface area contributed by atoms with Gasteiger partial charge >= 0.3 is 0 Å². The number of ether oxygens (including phenoxy) is 1. The van der Waals surface area contributed by atoms with Gasteiger partial charge in [-0.3, -0.25) is 4.79 Å². The van der Waals surface area contributed by atoms with Gasteiger partial charge in [0, 0.05) is 0 Å². The van der Waals surface area contributed by atoms with Crippen molar-refractivity contribution in [3.63, 3.8) is 0 Å². The lowest BCUT2D eigenvalue weighted by atomic mass is 9.96. The Morgan fingerprint density at radius 2 is 1.44 bits per heavy atom. The SMILES string of the molecule is CCOc1ccccc1C(=O)/C=C\c1c2ccccc2cc2ccccc12. The molecule has 0 saturated carbocycles. The molecule has 0 saturated heterocycles. The summed E-state index contributed by atoms with van der Waals surface area (Å²) < 4.78 is 5.60. The molecule has 0 radical (unpaired) electrons. The van der Waals surface area contributed by atoms with E-state index < -0.39 is 0 Å². The van der Waals surface area contributed by atoms with Crippen molar-refractivity contribution >= 4 is 33.4 Å². The van der Waals surface area contributed by atoms with Crippen LogP contribution in [0.25, 0.3) is 27.6 Å². The number of para-hydroxylation sites is 1. The molecule has 0 aliphatic carbocycles. The van der Waals surface area contributed by atoms with Crippen LogP contribution in [0, 0.1) is 0 Å². The molecule has 0 bridgehead atoms. The van der Waals surface area contributed by atoms with Crippen LogP contribution in [0.15, 0.2) is 84.9 Å². The van der Waals surface area contributed by atoms with E-state index >= 15 is 0 Å². The van der Waals surface area contributed by atoms with E-state index in [9.17, 15) is 4.79 Å². The highest BCUT2D eigenvalue weighted by atomic mass is 16.5. The Balaban J connectivity index is 1.82. The third kappa shape index (κ3) is 3.34. The summed E-state index contributed by atoms with van der Waals surface area (Å²) in [6.07, 6.45) is 3.57. The molecule has 0 atom stereocenters. The lowest BCUT2D eigenvalue weighted by molar-refractivity contribution is 0.104. The number of rotatable bonds is 5. The maximum Gasteiger partial charge on any atom is 0.189 e. The Morgan fingerprint density at radius 1 is 0.852 bits per heavy atom. The molecule has 0 fully saturated rings. The number of ketones is 1. The van der Waals surface area contributed by atoms with Crippen LogP contribution in [-0.2, 0) is 0 Å². The molecular formula is C25H20O2. The van der Waals surface area contributed by atoms with Gasteiger partial charge < -0.3 is 4.74 Å². The summed E-state index contributed by atoms with van der Waals surface area (Å²) >= 11 is 0. The quantitative estimate of drug-likeness (QED) is 0.240. The van der Waals surface area contributed by atoms with E-state index in [1.54, 1.807) is 12.1 Å². The molecule has 0 aromatic heterocycles. The summed E-state index contributed by atoms with van der Waals surface area (Å²) in [5.74, 6) is 0.563. The first kappa shape index (κ1) is 17.0. The summed E-state index contributed by atoms with van der Waals surface area (Å²) in [6, 6.07) is 26.1. The molecule has 132 valence electrons. The number of fused-ring (bicyclic) bond motifs is 2. The van der Waals surface area contributed by atoms with E-state index in [4.69, 9.17) is 4.74 Å². The molecule has 4 aromatic carbocycles. The van der Waals surface area contributed by atoms with Crippen molar-refractivity contribution in [1.82, 2.24) is 0 Å². The Morgan fingerprint density at radius 3 is 2.11 bits per heavy atom. The monoisotopic (exact) mass is 352 g/mol. The summed E-state index contributed by atoms with van der Waals surface area (Å²) in [6.45, 7) is 2.45. The molecule has 2 nitrogen and oxygen atoms in total. The minimum absolute atomic E-state index is 0.0592. The second-order valence-corrected chi connectivity index (χ2v) is 6.36. The molecule has 0 unspecified atom stereocenters. The van der Waals surface area contributed by atoms with E-state index in [2.05, 4.69) is 30.3 Å². The maximum absolute atomic E-state index is 12.8. The molecule has 0 aliphatic rings. The van der Waals surface area contributed by atoms with Gasteiger partial charge in [0.15, 0.2) is 5.78 Å². The van der Waals surface area contributed by atoms with Gasteiger partial charge in [-0.25, -0.2) is 0 Å². The third-order valence-corrected chi connectivity index (χ3v) is 4.67. The number of hydrogen-bond donors (Lipinski definition) is 0. The van der Waals surface area contributed by atoms with E-state index in [0.717, 1.165) is 27.1 Å². The number of allylic oxidation sites excluding steroid dienone is 1. The van der Waals surface area contributed by atoms with Crippen LogP contribution < -0.4 is 4.74 Å². The van der Waals surface area contributed by atoms with Crippen molar-refractivity contribution in [2.24, 2.45) is 0 Å². The molecule has 0 spiro atoms. The lowest BCUT2D eigenvalue weighted by Gasteiger charge is -2.09. The van der Waals surface area contributed by atoms with Crippen LogP contribution in [0.4, 0.5) is 0 Å². The minimum Gasteiger partial charge on any atom is -0.493 e. The molecule has 0 heterocycles. The Hall–Kier alpha value is -3.39. The molecule has 2 heteroatoms. The van der Waals surface area contributed by atoms with Gasteiger partial charge in [0.05, 0.1) is 12.2 Å². The van der Waals surface area contributed by atoms with Crippen LogP contribution in [0.3, 0.4) is 0 Å².